The zero-order valence-electron chi connectivity index (χ0n) is 13.9. The molecule has 0 fully saturated rings. The average molecular weight is 365 g/mol. The molecule has 142 valence electrons. The van der Waals surface area contributed by atoms with E-state index in [0.717, 1.165) is 6.42 Å². The number of hydrogen-bond donors (Lipinski definition) is 4. The van der Waals surface area contributed by atoms with E-state index in [9.17, 15) is 22.8 Å². The fraction of sp³-hybridized carbons (Fsp3) is 0.533. The van der Waals surface area contributed by atoms with Crippen LogP contribution in [0, 0.1) is 0 Å². The molecule has 1 aliphatic carbocycles. The summed E-state index contributed by atoms with van der Waals surface area (Å²) in [6.45, 7) is 4.28. The number of nitrogens with two attached hydrogens (primary N) is 1. The first-order chi connectivity index (χ1) is 11.5. The van der Waals surface area contributed by atoms with Gasteiger partial charge in [0.2, 0.25) is 5.91 Å². The molecular weight excluding hydrogens is 343 g/mol. The molecule has 0 aromatic rings. The summed E-state index contributed by atoms with van der Waals surface area (Å²) in [7, 11) is 0. The highest BCUT2D eigenvalue weighted by atomic mass is 19.4. The van der Waals surface area contributed by atoms with E-state index in [1.54, 1.807) is 19.1 Å². The summed E-state index contributed by atoms with van der Waals surface area (Å²) >= 11 is 0. The standard InChI is InChI=1S/C13H21N3O2.C2HF3O2/c1-3-7-15-13(18)10-5-4-6-11(8-10)16-12(17)9(2)14;3-2(4,5)1(6)7/h4-5,8-9,11H,3,6-7,14H2,1-2H3,(H,15,18)(H,16,17);(H,6,7). The lowest BCUT2D eigenvalue weighted by Crippen LogP contribution is -2.43. The second-order valence-corrected chi connectivity index (χ2v) is 5.22. The van der Waals surface area contributed by atoms with Gasteiger partial charge in [0.05, 0.1) is 12.1 Å². The summed E-state index contributed by atoms with van der Waals surface area (Å²) in [5.41, 5.74) is 6.07. The first kappa shape index (κ1) is 22.6. The van der Waals surface area contributed by atoms with Crippen LogP contribution in [0.25, 0.3) is 0 Å². The third-order valence-corrected chi connectivity index (χ3v) is 2.85. The van der Waals surface area contributed by atoms with Crippen LogP contribution in [0.1, 0.15) is 26.7 Å². The minimum Gasteiger partial charge on any atom is -0.475 e. The van der Waals surface area contributed by atoms with Crippen molar-refractivity contribution in [1.82, 2.24) is 10.6 Å². The number of alkyl halides is 3. The maximum Gasteiger partial charge on any atom is 0.490 e. The molecule has 25 heavy (non-hydrogen) atoms. The summed E-state index contributed by atoms with van der Waals surface area (Å²) in [6.07, 6.45) is 1.92. The van der Waals surface area contributed by atoms with Gasteiger partial charge in [0.1, 0.15) is 0 Å². The van der Waals surface area contributed by atoms with Crippen molar-refractivity contribution in [2.75, 3.05) is 6.54 Å². The van der Waals surface area contributed by atoms with Crippen LogP contribution < -0.4 is 16.4 Å². The minimum absolute atomic E-state index is 0.104. The predicted octanol–water partition coefficient (Wildman–Crippen LogP) is 0.864. The third kappa shape index (κ3) is 9.50. The first-order valence-electron chi connectivity index (χ1n) is 7.51. The lowest BCUT2D eigenvalue weighted by atomic mass is 10.0. The van der Waals surface area contributed by atoms with Gasteiger partial charge in [-0.2, -0.15) is 13.2 Å². The molecule has 0 saturated heterocycles. The van der Waals surface area contributed by atoms with Crippen LogP contribution in [-0.2, 0) is 14.4 Å². The Morgan fingerprint density at radius 3 is 2.40 bits per heavy atom. The smallest absolute Gasteiger partial charge is 0.475 e. The molecule has 2 unspecified atom stereocenters. The molecular formula is C15H22F3N3O4. The van der Waals surface area contributed by atoms with E-state index in [0.29, 0.717) is 18.5 Å². The zero-order valence-corrected chi connectivity index (χ0v) is 13.9. The number of nitrogens with one attached hydrogen (secondary N) is 2. The second kappa shape index (κ2) is 10.5. The van der Waals surface area contributed by atoms with Crippen molar-refractivity contribution < 1.29 is 32.7 Å². The third-order valence-electron chi connectivity index (χ3n) is 2.85. The van der Waals surface area contributed by atoms with Gasteiger partial charge >= 0.3 is 12.1 Å². The number of amides is 2. The Hall–Kier alpha value is -2.36. The topological polar surface area (TPSA) is 122 Å². The van der Waals surface area contributed by atoms with Crippen LogP contribution >= 0.6 is 0 Å². The molecule has 0 heterocycles. The normalized spacial score (nSPS) is 17.5. The molecule has 0 bridgehead atoms. The van der Waals surface area contributed by atoms with Crippen molar-refractivity contribution in [2.45, 2.75) is 44.9 Å². The number of carbonyl (C=O) groups is 3. The molecule has 1 rings (SSSR count). The highest BCUT2D eigenvalue weighted by Gasteiger charge is 2.38. The van der Waals surface area contributed by atoms with Crippen molar-refractivity contribution >= 4 is 17.8 Å². The Kier molecular flexibility index (Phi) is 9.50. The van der Waals surface area contributed by atoms with Crippen LogP contribution in [0.3, 0.4) is 0 Å². The summed E-state index contributed by atoms with van der Waals surface area (Å²) in [4.78, 5) is 32.1. The number of halogens is 3. The maximum absolute atomic E-state index is 11.8. The molecule has 1 aliphatic rings. The number of carbonyl (C=O) groups excluding carboxylic acids is 2. The maximum atomic E-state index is 11.8. The molecule has 7 nitrogen and oxygen atoms in total. The van der Waals surface area contributed by atoms with E-state index >= 15 is 0 Å². The van der Waals surface area contributed by atoms with Gasteiger partial charge in [-0.05, 0) is 25.8 Å². The molecule has 0 spiro atoms. The predicted molar refractivity (Wildman–Crippen MR) is 84.4 cm³/mol. The van der Waals surface area contributed by atoms with Gasteiger partial charge in [-0.3, -0.25) is 9.59 Å². The highest BCUT2D eigenvalue weighted by Crippen LogP contribution is 2.13. The molecule has 10 heteroatoms. The Bertz CT molecular complexity index is 543. The number of carboxylic acids is 1. The fourth-order valence-corrected chi connectivity index (χ4v) is 1.59. The Labute approximate surface area is 143 Å². The highest BCUT2D eigenvalue weighted by molar-refractivity contribution is 5.96. The van der Waals surface area contributed by atoms with Gasteiger partial charge in [-0.25, -0.2) is 4.79 Å². The SMILES string of the molecule is CCCNC(=O)C1=CC(NC(=O)C(C)N)CC=C1.O=C(O)C(F)(F)F. The largest absolute Gasteiger partial charge is 0.490 e. The quantitative estimate of drug-likeness (QED) is 0.576. The molecule has 2 atom stereocenters. The van der Waals surface area contributed by atoms with Crippen molar-refractivity contribution in [3.05, 3.63) is 23.8 Å². The van der Waals surface area contributed by atoms with Gasteiger partial charge in [0, 0.05) is 12.1 Å². The molecule has 5 N–H and O–H groups in total. The van der Waals surface area contributed by atoms with E-state index in [1.165, 1.54) is 0 Å². The van der Waals surface area contributed by atoms with E-state index in [2.05, 4.69) is 10.6 Å². The molecule has 0 aromatic carbocycles. The average Bonchev–Trinajstić information content (AvgIpc) is 2.52. The van der Waals surface area contributed by atoms with Crippen molar-refractivity contribution in [1.29, 1.82) is 0 Å². The number of carboxylic acid groups (broad SMARTS) is 1. The summed E-state index contributed by atoms with van der Waals surface area (Å²) in [5, 5.41) is 12.7. The van der Waals surface area contributed by atoms with E-state index < -0.39 is 18.2 Å². The lowest BCUT2D eigenvalue weighted by Gasteiger charge is -2.19. The monoisotopic (exact) mass is 365 g/mol. The van der Waals surface area contributed by atoms with Gasteiger partial charge in [-0.15, -0.1) is 0 Å². The van der Waals surface area contributed by atoms with Crippen LogP contribution in [0.5, 0.6) is 0 Å². The van der Waals surface area contributed by atoms with Crippen LogP contribution in [0.2, 0.25) is 0 Å². The van der Waals surface area contributed by atoms with Gasteiger partial charge < -0.3 is 21.5 Å². The minimum atomic E-state index is -5.08. The van der Waals surface area contributed by atoms with Gasteiger partial charge in [-0.1, -0.05) is 19.1 Å². The van der Waals surface area contributed by atoms with E-state index in [-0.39, 0.29) is 17.9 Å². The Balaban J connectivity index is 0.000000697. The number of aliphatic carboxylic acids is 1. The van der Waals surface area contributed by atoms with E-state index in [4.69, 9.17) is 15.6 Å². The van der Waals surface area contributed by atoms with Crippen molar-refractivity contribution in [2.24, 2.45) is 5.73 Å². The molecule has 2 amide bonds. The van der Waals surface area contributed by atoms with Crippen LogP contribution in [0.15, 0.2) is 23.8 Å². The number of hydrogen-bond acceptors (Lipinski definition) is 4. The molecule has 0 saturated carbocycles. The molecule has 0 aromatic heterocycles. The van der Waals surface area contributed by atoms with Crippen LogP contribution in [-0.4, -0.2) is 47.7 Å². The second-order valence-electron chi connectivity index (χ2n) is 5.22. The summed E-state index contributed by atoms with van der Waals surface area (Å²) in [6, 6.07) is -0.697. The Morgan fingerprint density at radius 2 is 1.96 bits per heavy atom. The number of rotatable bonds is 5. The lowest BCUT2D eigenvalue weighted by molar-refractivity contribution is -0.192. The molecule has 0 aliphatic heterocycles. The Morgan fingerprint density at radius 1 is 1.40 bits per heavy atom. The van der Waals surface area contributed by atoms with Crippen molar-refractivity contribution in [3.63, 3.8) is 0 Å². The fourth-order valence-electron chi connectivity index (χ4n) is 1.59. The first-order valence-corrected chi connectivity index (χ1v) is 7.51. The zero-order chi connectivity index (χ0) is 19.6. The van der Waals surface area contributed by atoms with Crippen LogP contribution in [0.4, 0.5) is 13.2 Å². The van der Waals surface area contributed by atoms with Crippen molar-refractivity contribution in [3.8, 4) is 0 Å². The van der Waals surface area contributed by atoms with Gasteiger partial charge in [0.25, 0.3) is 5.91 Å². The molecule has 0 radical (unpaired) electrons. The summed E-state index contributed by atoms with van der Waals surface area (Å²) in [5.74, 6) is -3.07. The van der Waals surface area contributed by atoms with E-state index in [1.807, 2.05) is 13.0 Å². The summed E-state index contributed by atoms with van der Waals surface area (Å²) < 4.78 is 31.7. The van der Waals surface area contributed by atoms with Gasteiger partial charge in [0.15, 0.2) is 0 Å².